The maximum atomic E-state index is 6.09. The molecule has 16 heavy (non-hydrogen) atoms. The monoisotopic (exact) mass is 257 g/mol. The third-order valence-electron chi connectivity index (χ3n) is 4.06. The molecule has 0 aliphatic heterocycles. The molecule has 1 aliphatic carbocycles. The van der Waals surface area contributed by atoms with E-state index >= 15 is 0 Å². The number of hydrogen-bond acceptors (Lipinski definition) is 1. The van der Waals surface area contributed by atoms with E-state index < -0.39 is 0 Å². The second kappa shape index (κ2) is 4.56. The summed E-state index contributed by atoms with van der Waals surface area (Å²) in [4.78, 5) is 0. The van der Waals surface area contributed by atoms with Gasteiger partial charge in [-0.15, -0.1) is 0 Å². The fourth-order valence-electron chi connectivity index (χ4n) is 2.90. The molecule has 1 aliphatic rings. The molecule has 0 heterocycles. The van der Waals surface area contributed by atoms with Gasteiger partial charge in [-0.25, -0.2) is 0 Å². The number of rotatable bonds is 2. The lowest BCUT2D eigenvalue weighted by atomic mass is 9.73. The summed E-state index contributed by atoms with van der Waals surface area (Å²) in [6.07, 6.45) is 3.65. The average Bonchev–Trinajstić information content (AvgIpc) is 2.65. The van der Waals surface area contributed by atoms with Crippen LogP contribution in [0.5, 0.6) is 0 Å². The van der Waals surface area contributed by atoms with Crippen molar-refractivity contribution in [3.8, 4) is 0 Å². The van der Waals surface area contributed by atoms with E-state index in [0.717, 1.165) is 6.42 Å². The molecule has 1 aromatic carbocycles. The van der Waals surface area contributed by atoms with E-state index in [1.54, 1.807) is 0 Å². The Morgan fingerprint density at radius 2 is 2.12 bits per heavy atom. The molecule has 88 valence electrons. The molecule has 2 atom stereocenters. The van der Waals surface area contributed by atoms with Gasteiger partial charge in [0.1, 0.15) is 0 Å². The Morgan fingerprint density at radius 1 is 1.38 bits per heavy atom. The van der Waals surface area contributed by atoms with Crippen molar-refractivity contribution in [3.63, 3.8) is 0 Å². The first-order chi connectivity index (χ1) is 7.60. The molecule has 3 heteroatoms. The van der Waals surface area contributed by atoms with Gasteiger partial charge in [0.25, 0.3) is 0 Å². The lowest BCUT2D eigenvalue weighted by Crippen LogP contribution is -2.37. The van der Waals surface area contributed by atoms with Crippen LogP contribution in [-0.4, -0.2) is 6.54 Å². The van der Waals surface area contributed by atoms with Crippen LogP contribution in [-0.2, 0) is 5.41 Å². The molecule has 1 aromatic rings. The number of benzene rings is 1. The second-order valence-corrected chi connectivity index (χ2v) is 5.60. The van der Waals surface area contributed by atoms with Crippen LogP contribution < -0.4 is 5.73 Å². The van der Waals surface area contributed by atoms with Crippen LogP contribution in [0.15, 0.2) is 18.2 Å². The van der Waals surface area contributed by atoms with Crippen molar-refractivity contribution in [3.05, 3.63) is 33.8 Å². The van der Waals surface area contributed by atoms with Crippen molar-refractivity contribution in [2.45, 2.75) is 31.6 Å². The van der Waals surface area contributed by atoms with Gasteiger partial charge in [-0.05, 0) is 36.5 Å². The van der Waals surface area contributed by atoms with Gasteiger partial charge in [0.2, 0.25) is 0 Å². The number of halogens is 2. The average molecular weight is 258 g/mol. The molecule has 0 saturated heterocycles. The van der Waals surface area contributed by atoms with Crippen LogP contribution in [0.4, 0.5) is 0 Å². The SMILES string of the molecule is CC1CCCC1(CN)c1ccc(Cl)c(Cl)c1. The van der Waals surface area contributed by atoms with E-state index in [0.29, 0.717) is 22.5 Å². The van der Waals surface area contributed by atoms with Gasteiger partial charge in [0.15, 0.2) is 0 Å². The first kappa shape index (κ1) is 12.2. The standard InChI is InChI=1S/C13H17Cl2N/c1-9-3-2-6-13(9,8-16)10-4-5-11(14)12(15)7-10/h4-5,7,9H,2-3,6,8,16H2,1H3. The molecule has 0 bridgehead atoms. The summed E-state index contributed by atoms with van der Waals surface area (Å²) >= 11 is 12.0. The predicted octanol–water partition coefficient (Wildman–Crippen LogP) is 4.01. The van der Waals surface area contributed by atoms with Crippen molar-refractivity contribution in [2.24, 2.45) is 11.7 Å². The summed E-state index contributed by atoms with van der Waals surface area (Å²) in [6, 6.07) is 5.93. The maximum Gasteiger partial charge on any atom is 0.0595 e. The largest absolute Gasteiger partial charge is 0.330 e. The van der Waals surface area contributed by atoms with Crippen molar-refractivity contribution in [2.75, 3.05) is 6.54 Å². The first-order valence-electron chi connectivity index (χ1n) is 5.76. The smallest absolute Gasteiger partial charge is 0.0595 e. The fraction of sp³-hybridized carbons (Fsp3) is 0.538. The van der Waals surface area contributed by atoms with Crippen LogP contribution in [0.25, 0.3) is 0 Å². The summed E-state index contributed by atoms with van der Waals surface area (Å²) in [5.41, 5.74) is 7.35. The minimum Gasteiger partial charge on any atom is -0.330 e. The molecule has 0 spiro atoms. The van der Waals surface area contributed by atoms with E-state index in [-0.39, 0.29) is 5.41 Å². The molecular weight excluding hydrogens is 241 g/mol. The van der Waals surface area contributed by atoms with Gasteiger partial charge in [0, 0.05) is 12.0 Å². The Bertz CT molecular complexity index is 392. The van der Waals surface area contributed by atoms with Crippen molar-refractivity contribution >= 4 is 23.2 Å². The van der Waals surface area contributed by atoms with Crippen LogP contribution in [0, 0.1) is 5.92 Å². The predicted molar refractivity (Wildman–Crippen MR) is 70.2 cm³/mol. The number of nitrogens with two attached hydrogens (primary N) is 1. The quantitative estimate of drug-likeness (QED) is 0.852. The molecule has 0 amide bonds. The molecule has 1 saturated carbocycles. The lowest BCUT2D eigenvalue weighted by molar-refractivity contribution is 0.346. The summed E-state index contributed by atoms with van der Waals surface area (Å²) in [5, 5.41) is 1.24. The molecule has 2 N–H and O–H groups in total. The van der Waals surface area contributed by atoms with E-state index in [1.165, 1.54) is 18.4 Å². The highest BCUT2D eigenvalue weighted by Crippen LogP contribution is 2.45. The van der Waals surface area contributed by atoms with Gasteiger partial charge in [0.05, 0.1) is 10.0 Å². The fourth-order valence-corrected chi connectivity index (χ4v) is 3.20. The minimum absolute atomic E-state index is 0.105. The van der Waals surface area contributed by atoms with Crippen molar-refractivity contribution in [1.82, 2.24) is 0 Å². The molecule has 2 rings (SSSR count). The van der Waals surface area contributed by atoms with Crippen LogP contribution in [0.3, 0.4) is 0 Å². The van der Waals surface area contributed by atoms with Gasteiger partial charge < -0.3 is 5.73 Å². The second-order valence-electron chi connectivity index (χ2n) is 4.78. The first-order valence-corrected chi connectivity index (χ1v) is 6.51. The summed E-state index contributed by atoms with van der Waals surface area (Å²) < 4.78 is 0. The molecule has 0 radical (unpaired) electrons. The molecule has 1 nitrogen and oxygen atoms in total. The van der Waals surface area contributed by atoms with Gasteiger partial charge in [-0.1, -0.05) is 42.6 Å². The molecule has 1 fully saturated rings. The van der Waals surface area contributed by atoms with E-state index in [1.807, 2.05) is 12.1 Å². The van der Waals surface area contributed by atoms with E-state index in [4.69, 9.17) is 28.9 Å². The Balaban J connectivity index is 2.44. The van der Waals surface area contributed by atoms with Crippen molar-refractivity contribution in [1.29, 1.82) is 0 Å². The third-order valence-corrected chi connectivity index (χ3v) is 4.80. The van der Waals surface area contributed by atoms with E-state index in [9.17, 15) is 0 Å². The Hall–Kier alpha value is -0.240. The van der Waals surface area contributed by atoms with Gasteiger partial charge >= 0.3 is 0 Å². The summed E-state index contributed by atoms with van der Waals surface area (Å²) in [7, 11) is 0. The highest BCUT2D eigenvalue weighted by molar-refractivity contribution is 6.42. The molecule has 0 aromatic heterocycles. The maximum absolute atomic E-state index is 6.09. The molecular formula is C13H17Cl2N. The Kier molecular flexibility index (Phi) is 3.48. The topological polar surface area (TPSA) is 26.0 Å². The highest BCUT2D eigenvalue weighted by Gasteiger charge is 2.40. The normalized spacial score (nSPS) is 29.6. The highest BCUT2D eigenvalue weighted by atomic mass is 35.5. The van der Waals surface area contributed by atoms with Crippen LogP contribution in [0.2, 0.25) is 10.0 Å². The zero-order chi connectivity index (χ0) is 11.8. The van der Waals surface area contributed by atoms with E-state index in [2.05, 4.69) is 13.0 Å². The third kappa shape index (κ3) is 1.85. The van der Waals surface area contributed by atoms with Crippen molar-refractivity contribution < 1.29 is 0 Å². The lowest BCUT2D eigenvalue weighted by Gasteiger charge is -2.33. The van der Waals surface area contributed by atoms with Crippen LogP contribution in [0.1, 0.15) is 31.7 Å². The summed E-state index contributed by atoms with van der Waals surface area (Å²) in [6.45, 7) is 2.97. The van der Waals surface area contributed by atoms with Gasteiger partial charge in [-0.2, -0.15) is 0 Å². The molecule has 2 unspecified atom stereocenters. The zero-order valence-electron chi connectivity index (χ0n) is 9.47. The Morgan fingerprint density at radius 3 is 2.62 bits per heavy atom. The number of hydrogen-bond donors (Lipinski definition) is 1. The summed E-state index contributed by atoms with van der Waals surface area (Å²) in [5.74, 6) is 0.620. The minimum atomic E-state index is 0.105. The Labute approximate surface area is 107 Å². The van der Waals surface area contributed by atoms with Crippen LogP contribution >= 0.6 is 23.2 Å². The van der Waals surface area contributed by atoms with Gasteiger partial charge in [-0.3, -0.25) is 0 Å². The zero-order valence-corrected chi connectivity index (χ0v) is 11.0.